The fourth-order valence-electron chi connectivity index (χ4n) is 5.65. The first-order valence-electron chi connectivity index (χ1n) is 10.2. The maximum atomic E-state index is 11.6. The summed E-state index contributed by atoms with van der Waals surface area (Å²) in [5.41, 5.74) is 1.22. The Morgan fingerprint density at radius 2 is 2.18 bits per heavy atom. The molecular weight excluding hydrogens is 360 g/mol. The zero-order valence-electron chi connectivity index (χ0n) is 17.1. The second-order valence-electron chi connectivity index (χ2n) is 9.00. The van der Waals surface area contributed by atoms with Crippen molar-refractivity contribution in [1.82, 2.24) is 0 Å². The van der Waals surface area contributed by atoms with Crippen molar-refractivity contribution in [2.45, 2.75) is 59.0 Å². The van der Waals surface area contributed by atoms with E-state index >= 15 is 0 Å². The molecule has 0 aromatic carbocycles. The van der Waals surface area contributed by atoms with E-state index in [1.807, 2.05) is 0 Å². The van der Waals surface area contributed by atoms with Gasteiger partial charge in [-0.25, -0.2) is 4.79 Å². The Bertz CT molecular complexity index is 695. The molecule has 6 nitrogen and oxygen atoms in total. The van der Waals surface area contributed by atoms with Crippen LogP contribution in [0.4, 0.5) is 0 Å². The highest BCUT2D eigenvalue weighted by Gasteiger charge is 2.57. The maximum absolute atomic E-state index is 11.6. The van der Waals surface area contributed by atoms with Gasteiger partial charge in [-0.05, 0) is 60.5 Å². The van der Waals surface area contributed by atoms with E-state index in [0.717, 1.165) is 36.8 Å². The first kappa shape index (κ1) is 21.1. The summed E-state index contributed by atoms with van der Waals surface area (Å²) in [5.74, 6) is -0.126. The van der Waals surface area contributed by atoms with Crippen LogP contribution < -0.4 is 0 Å². The van der Waals surface area contributed by atoms with Crippen molar-refractivity contribution < 1.29 is 29.3 Å². The molecule has 1 fully saturated rings. The standard InChI is InChI=1S/C22H32O6/c1-14-4-7-22(13-28-15(2)24)17(11-23)9-18(25)10-19(22)21(14,3)6-5-16-8-20(26)27-12-16/h8-9,14,18-19,23,25H,4-7,10-13H2,1-3H3/t14-,18-,19-,21+,22-/m1/s1. The van der Waals surface area contributed by atoms with Crippen molar-refractivity contribution in [3.63, 3.8) is 0 Å². The molecule has 1 heterocycles. The molecule has 2 N–H and O–H groups in total. The molecular formula is C22H32O6. The van der Waals surface area contributed by atoms with Crippen molar-refractivity contribution in [2.75, 3.05) is 19.8 Å². The largest absolute Gasteiger partial charge is 0.465 e. The molecule has 0 unspecified atom stereocenters. The summed E-state index contributed by atoms with van der Waals surface area (Å²) in [5, 5.41) is 20.6. The van der Waals surface area contributed by atoms with Gasteiger partial charge in [0.2, 0.25) is 0 Å². The summed E-state index contributed by atoms with van der Waals surface area (Å²) in [4.78, 5) is 23.0. The minimum absolute atomic E-state index is 0.0730. The van der Waals surface area contributed by atoms with Gasteiger partial charge in [-0.15, -0.1) is 0 Å². The Kier molecular flexibility index (Phi) is 6.01. The normalized spacial score (nSPS) is 37.6. The van der Waals surface area contributed by atoms with Crippen molar-refractivity contribution in [2.24, 2.45) is 22.7 Å². The lowest BCUT2D eigenvalue weighted by molar-refractivity contribution is -0.153. The number of fused-ring (bicyclic) bond motifs is 1. The zero-order chi connectivity index (χ0) is 20.5. The predicted octanol–water partition coefficient (Wildman–Crippen LogP) is 2.54. The highest BCUT2D eigenvalue weighted by molar-refractivity contribution is 5.85. The molecule has 0 bridgehead atoms. The third kappa shape index (κ3) is 3.77. The molecule has 1 aliphatic heterocycles. The third-order valence-corrected chi connectivity index (χ3v) is 7.53. The van der Waals surface area contributed by atoms with Crippen LogP contribution in [0.2, 0.25) is 0 Å². The summed E-state index contributed by atoms with van der Waals surface area (Å²) >= 11 is 0. The van der Waals surface area contributed by atoms with Crippen LogP contribution in [0.3, 0.4) is 0 Å². The molecule has 28 heavy (non-hydrogen) atoms. The van der Waals surface area contributed by atoms with Crippen LogP contribution in [0.15, 0.2) is 23.3 Å². The maximum Gasteiger partial charge on any atom is 0.331 e. The van der Waals surface area contributed by atoms with E-state index in [0.29, 0.717) is 18.9 Å². The van der Waals surface area contributed by atoms with Gasteiger partial charge >= 0.3 is 11.9 Å². The molecule has 3 aliphatic rings. The van der Waals surface area contributed by atoms with Gasteiger partial charge in [0.25, 0.3) is 0 Å². The SMILES string of the molecule is CC(=O)OC[C@@]12CC[C@@H](C)[C@](C)(CCC3=CC(=O)OC3)[C@H]1C[C@H](O)C=C2CO. The molecule has 2 aliphatic carbocycles. The van der Waals surface area contributed by atoms with Crippen LogP contribution in [0.25, 0.3) is 0 Å². The average Bonchev–Trinajstić information content (AvgIpc) is 3.07. The van der Waals surface area contributed by atoms with E-state index < -0.39 is 11.5 Å². The smallest absolute Gasteiger partial charge is 0.331 e. The number of carbonyl (C=O) groups is 2. The molecule has 5 atom stereocenters. The van der Waals surface area contributed by atoms with Gasteiger partial charge < -0.3 is 19.7 Å². The van der Waals surface area contributed by atoms with Crippen molar-refractivity contribution in [3.05, 3.63) is 23.3 Å². The van der Waals surface area contributed by atoms with Gasteiger partial charge in [0.15, 0.2) is 0 Å². The Morgan fingerprint density at radius 3 is 2.79 bits per heavy atom. The molecule has 0 amide bonds. The van der Waals surface area contributed by atoms with Crippen LogP contribution in [-0.2, 0) is 19.1 Å². The van der Waals surface area contributed by atoms with Gasteiger partial charge in [-0.1, -0.05) is 19.9 Å². The van der Waals surface area contributed by atoms with Crippen LogP contribution in [-0.4, -0.2) is 48.1 Å². The number of carbonyl (C=O) groups excluding carboxylic acids is 2. The topological polar surface area (TPSA) is 93.1 Å². The molecule has 0 aromatic rings. The van der Waals surface area contributed by atoms with E-state index in [1.165, 1.54) is 6.92 Å². The van der Waals surface area contributed by atoms with Crippen LogP contribution >= 0.6 is 0 Å². The lowest BCUT2D eigenvalue weighted by atomic mass is 9.46. The summed E-state index contributed by atoms with van der Waals surface area (Å²) in [7, 11) is 0. The van der Waals surface area contributed by atoms with Gasteiger partial charge in [0.1, 0.15) is 13.2 Å². The minimum atomic E-state index is -0.613. The van der Waals surface area contributed by atoms with Crippen molar-refractivity contribution in [1.29, 1.82) is 0 Å². The number of ether oxygens (including phenoxy) is 2. The van der Waals surface area contributed by atoms with Crippen LogP contribution in [0.5, 0.6) is 0 Å². The van der Waals surface area contributed by atoms with Crippen molar-refractivity contribution in [3.8, 4) is 0 Å². The number of hydrogen-bond donors (Lipinski definition) is 2. The lowest BCUT2D eigenvalue weighted by Gasteiger charge is -2.59. The van der Waals surface area contributed by atoms with Crippen LogP contribution in [0.1, 0.15) is 52.9 Å². The fraction of sp³-hybridized carbons (Fsp3) is 0.727. The average molecular weight is 392 g/mol. The van der Waals surface area contributed by atoms with Crippen LogP contribution in [0, 0.1) is 22.7 Å². The number of hydrogen-bond acceptors (Lipinski definition) is 6. The summed E-state index contributed by atoms with van der Waals surface area (Å²) < 4.78 is 10.5. The Balaban J connectivity index is 1.93. The van der Waals surface area contributed by atoms with Gasteiger partial charge in [0, 0.05) is 18.4 Å². The molecule has 3 rings (SSSR count). The second kappa shape index (κ2) is 7.99. The lowest BCUT2D eigenvalue weighted by Crippen LogP contribution is -2.55. The number of rotatable bonds is 6. The first-order valence-corrected chi connectivity index (χ1v) is 10.2. The third-order valence-electron chi connectivity index (χ3n) is 7.53. The molecule has 0 saturated heterocycles. The van der Waals surface area contributed by atoms with E-state index in [9.17, 15) is 19.8 Å². The van der Waals surface area contributed by atoms with Gasteiger partial charge in [-0.3, -0.25) is 4.79 Å². The Labute approximate surface area is 166 Å². The number of aliphatic hydroxyl groups is 2. The van der Waals surface area contributed by atoms with E-state index in [2.05, 4.69) is 13.8 Å². The number of cyclic esters (lactones) is 1. The molecule has 1 saturated carbocycles. The van der Waals surface area contributed by atoms with E-state index in [1.54, 1.807) is 12.2 Å². The Hall–Kier alpha value is -1.66. The monoisotopic (exact) mass is 392 g/mol. The van der Waals surface area contributed by atoms with Gasteiger partial charge in [-0.2, -0.15) is 0 Å². The Morgan fingerprint density at radius 1 is 1.43 bits per heavy atom. The van der Waals surface area contributed by atoms with E-state index in [-0.39, 0.29) is 36.5 Å². The number of aliphatic hydroxyl groups excluding tert-OH is 2. The molecule has 6 heteroatoms. The quantitative estimate of drug-likeness (QED) is 0.533. The van der Waals surface area contributed by atoms with Crippen molar-refractivity contribution >= 4 is 11.9 Å². The molecule has 0 radical (unpaired) electrons. The highest BCUT2D eigenvalue weighted by Crippen LogP contribution is 2.62. The van der Waals surface area contributed by atoms with Gasteiger partial charge in [0.05, 0.1) is 12.7 Å². The number of esters is 2. The first-order chi connectivity index (χ1) is 13.2. The molecule has 156 valence electrons. The predicted molar refractivity (Wildman–Crippen MR) is 103 cm³/mol. The van der Waals surface area contributed by atoms with E-state index in [4.69, 9.17) is 9.47 Å². The minimum Gasteiger partial charge on any atom is -0.465 e. The zero-order valence-corrected chi connectivity index (χ0v) is 17.1. The molecule has 0 spiro atoms. The summed E-state index contributed by atoms with van der Waals surface area (Å²) in [6.07, 6.45) is 6.70. The highest BCUT2D eigenvalue weighted by atomic mass is 16.5. The summed E-state index contributed by atoms with van der Waals surface area (Å²) in [6.45, 7) is 6.33. The summed E-state index contributed by atoms with van der Waals surface area (Å²) in [6, 6.07) is 0. The fourth-order valence-corrected chi connectivity index (χ4v) is 5.65. The molecule has 0 aromatic heterocycles. The second-order valence-corrected chi connectivity index (χ2v) is 9.00.